The number of aromatic amines is 1. The van der Waals surface area contributed by atoms with E-state index >= 15 is 0 Å². The number of benzene rings is 1. The summed E-state index contributed by atoms with van der Waals surface area (Å²) in [6.45, 7) is 3.17. The monoisotopic (exact) mass is 457 g/mol. The Hall–Kier alpha value is -2.16. The first-order chi connectivity index (χ1) is 13.1. The summed E-state index contributed by atoms with van der Waals surface area (Å²) in [5.41, 5.74) is 0.730. The molecule has 28 heavy (non-hydrogen) atoms. The summed E-state index contributed by atoms with van der Waals surface area (Å²) in [4.78, 5) is 21.8. The van der Waals surface area contributed by atoms with E-state index in [9.17, 15) is 13.6 Å². The number of hydrogen-bond donors (Lipinski definition) is 1. The lowest BCUT2D eigenvalue weighted by atomic mass is 10.1. The molecule has 1 aromatic heterocycles. The van der Waals surface area contributed by atoms with E-state index in [4.69, 9.17) is 4.74 Å². The second kappa shape index (κ2) is 8.06. The molecule has 3 rings (SSSR count). The van der Waals surface area contributed by atoms with Crippen LogP contribution in [0.4, 0.5) is 13.6 Å². The van der Waals surface area contributed by atoms with Crippen molar-refractivity contribution in [3.8, 4) is 17.0 Å². The predicted octanol–water partition coefficient (Wildman–Crippen LogP) is 5.51. The quantitative estimate of drug-likeness (QED) is 0.656. The molecule has 1 fully saturated rings. The highest BCUT2D eigenvalue weighted by Gasteiger charge is 2.34. The van der Waals surface area contributed by atoms with Crippen LogP contribution < -0.4 is 4.74 Å². The van der Waals surface area contributed by atoms with Crippen LogP contribution in [-0.4, -0.2) is 39.7 Å². The third-order valence-corrected chi connectivity index (χ3v) is 4.91. The van der Waals surface area contributed by atoms with Crippen molar-refractivity contribution >= 4 is 22.0 Å². The number of carbonyl (C=O) groups is 1. The van der Waals surface area contributed by atoms with Gasteiger partial charge in [-0.1, -0.05) is 6.07 Å². The first-order valence-corrected chi connectivity index (χ1v) is 9.72. The Morgan fingerprint density at radius 1 is 1.39 bits per heavy atom. The highest BCUT2D eigenvalue weighted by Crippen LogP contribution is 2.35. The smallest absolute Gasteiger partial charge is 0.410 e. The Morgan fingerprint density at radius 2 is 2.14 bits per heavy atom. The highest BCUT2D eigenvalue weighted by atomic mass is 79.9. The Kier molecular flexibility index (Phi) is 5.92. The van der Waals surface area contributed by atoms with E-state index in [-0.39, 0.29) is 17.9 Å². The number of likely N-dealkylation sites (tertiary alicyclic amines) is 1. The second-order valence-corrected chi connectivity index (χ2v) is 8.39. The highest BCUT2D eigenvalue weighted by molar-refractivity contribution is 9.10. The molecule has 1 amide bonds. The van der Waals surface area contributed by atoms with Crippen molar-refractivity contribution in [3.05, 3.63) is 34.7 Å². The van der Waals surface area contributed by atoms with Gasteiger partial charge in [0.1, 0.15) is 17.2 Å². The van der Waals surface area contributed by atoms with Crippen LogP contribution in [0.1, 0.15) is 45.5 Å². The van der Waals surface area contributed by atoms with Gasteiger partial charge in [0.25, 0.3) is 0 Å². The average molecular weight is 458 g/mol. The summed E-state index contributed by atoms with van der Waals surface area (Å²) in [6.07, 6.45) is 2.87. The molecule has 1 aromatic carbocycles. The van der Waals surface area contributed by atoms with Crippen LogP contribution in [0.3, 0.4) is 0 Å². The maximum atomic E-state index is 12.6. The van der Waals surface area contributed by atoms with E-state index in [0.717, 1.165) is 12.8 Å². The molecule has 1 N–H and O–H groups in total. The van der Waals surface area contributed by atoms with Crippen LogP contribution in [0.2, 0.25) is 0 Å². The zero-order chi connectivity index (χ0) is 20.5. The third kappa shape index (κ3) is 4.81. The summed E-state index contributed by atoms with van der Waals surface area (Å²) in [5.74, 6) is 0.678. The average Bonchev–Trinajstić information content (AvgIpc) is 3.23. The van der Waals surface area contributed by atoms with E-state index in [1.54, 1.807) is 23.2 Å². The Bertz CT molecular complexity index is 851. The van der Waals surface area contributed by atoms with Crippen LogP contribution in [0, 0.1) is 0 Å². The molecule has 2 heterocycles. The predicted molar refractivity (Wildman–Crippen MR) is 103 cm³/mol. The van der Waals surface area contributed by atoms with E-state index < -0.39 is 12.2 Å². The lowest BCUT2D eigenvalue weighted by Crippen LogP contribution is -2.36. The van der Waals surface area contributed by atoms with Gasteiger partial charge in [-0.3, -0.25) is 4.90 Å². The third-order valence-electron chi connectivity index (χ3n) is 4.25. The molecule has 0 aliphatic carbocycles. The number of ether oxygens (including phenoxy) is 2. The first kappa shape index (κ1) is 20.6. The summed E-state index contributed by atoms with van der Waals surface area (Å²) >= 11 is 3.20. The van der Waals surface area contributed by atoms with Gasteiger partial charge in [0.2, 0.25) is 0 Å². The SMILES string of the molecule is CC(C)(C)OC(=O)N1CCCC1c1ncc(-c2ccc(Br)c(OC(F)F)c2)[nH]1. The van der Waals surface area contributed by atoms with E-state index in [1.165, 1.54) is 6.07 Å². The van der Waals surface area contributed by atoms with Crippen molar-refractivity contribution in [1.82, 2.24) is 14.9 Å². The zero-order valence-electron chi connectivity index (χ0n) is 15.8. The van der Waals surface area contributed by atoms with Gasteiger partial charge in [0.05, 0.1) is 22.4 Å². The number of alkyl halides is 2. The molecule has 0 saturated carbocycles. The van der Waals surface area contributed by atoms with Gasteiger partial charge in [-0.15, -0.1) is 0 Å². The van der Waals surface area contributed by atoms with Gasteiger partial charge in [0.15, 0.2) is 0 Å². The number of halogens is 3. The topological polar surface area (TPSA) is 67.4 Å². The minimum atomic E-state index is -2.91. The van der Waals surface area contributed by atoms with Gasteiger partial charge in [-0.2, -0.15) is 8.78 Å². The standard InChI is InChI=1S/C19H22BrF2N3O3/c1-19(2,3)28-18(26)25-8-4-5-14(25)16-23-10-13(24-16)11-6-7-12(20)15(9-11)27-17(21)22/h6-7,9-10,14,17H,4-5,8H2,1-3H3,(H,23,24). The minimum absolute atomic E-state index is 0.0416. The lowest BCUT2D eigenvalue weighted by Gasteiger charge is -2.27. The molecule has 2 aromatic rings. The molecule has 1 saturated heterocycles. The summed E-state index contributed by atoms with van der Waals surface area (Å²) in [5, 5.41) is 0. The van der Waals surface area contributed by atoms with E-state index in [0.29, 0.717) is 28.1 Å². The minimum Gasteiger partial charge on any atom is -0.444 e. The fourth-order valence-corrected chi connectivity index (χ4v) is 3.44. The maximum absolute atomic E-state index is 12.6. The van der Waals surface area contributed by atoms with Crippen LogP contribution in [0.5, 0.6) is 5.75 Å². The van der Waals surface area contributed by atoms with Crippen molar-refractivity contribution < 1.29 is 23.0 Å². The van der Waals surface area contributed by atoms with Gasteiger partial charge in [0, 0.05) is 12.1 Å². The summed E-state index contributed by atoms with van der Waals surface area (Å²) in [7, 11) is 0. The van der Waals surface area contributed by atoms with Crippen molar-refractivity contribution in [2.45, 2.75) is 51.9 Å². The zero-order valence-corrected chi connectivity index (χ0v) is 17.4. The molecule has 9 heteroatoms. The summed E-state index contributed by atoms with van der Waals surface area (Å²) in [6, 6.07) is 4.69. The van der Waals surface area contributed by atoms with Gasteiger partial charge >= 0.3 is 12.7 Å². The van der Waals surface area contributed by atoms with Crippen molar-refractivity contribution in [2.24, 2.45) is 0 Å². The number of H-pyrrole nitrogens is 1. The molecule has 1 aliphatic rings. The molecule has 1 unspecified atom stereocenters. The Balaban J connectivity index is 1.81. The Labute approximate surface area is 170 Å². The molecular formula is C19H22BrF2N3O3. The number of aromatic nitrogens is 2. The van der Waals surface area contributed by atoms with Gasteiger partial charge in [-0.25, -0.2) is 9.78 Å². The molecule has 1 aliphatic heterocycles. The number of amides is 1. The number of imidazole rings is 1. The van der Waals surface area contributed by atoms with Crippen LogP contribution in [0.15, 0.2) is 28.9 Å². The fourth-order valence-electron chi connectivity index (χ4n) is 3.10. The molecular weight excluding hydrogens is 436 g/mol. The molecule has 0 spiro atoms. The number of nitrogens with zero attached hydrogens (tertiary/aromatic N) is 2. The number of rotatable bonds is 4. The second-order valence-electron chi connectivity index (χ2n) is 7.54. The van der Waals surface area contributed by atoms with Crippen molar-refractivity contribution in [2.75, 3.05) is 6.54 Å². The summed E-state index contributed by atoms with van der Waals surface area (Å²) < 4.78 is 35.6. The van der Waals surface area contributed by atoms with Crippen molar-refractivity contribution in [3.63, 3.8) is 0 Å². The molecule has 0 bridgehead atoms. The Morgan fingerprint density at radius 3 is 2.82 bits per heavy atom. The van der Waals surface area contributed by atoms with Crippen molar-refractivity contribution in [1.29, 1.82) is 0 Å². The van der Waals surface area contributed by atoms with Gasteiger partial charge < -0.3 is 14.5 Å². The van der Waals surface area contributed by atoms with E-state index in [1.807, 2.05) is 20.8 Å². The van der Waals surface area contributed by atoms with Gasteiger partial charge in [-0.05, 0) is 61.7 Å². The number of nitrogens with one attached hydrogen (secondary N) is 1. The van der Waals surface area contributed by atoms with Crippen LogP contribution in [-0.2, 0) is 4.74 Å². The molecule has 0 radical (unpaired) electrons. The largest absolute Gasteiger partial charge is 0.444 e. The van der Waals surface area contributed by atoms with Crippen LogP contribution >= 0.6 is 15.9 Å². The number of carbonyl (C=O) groups excluding carboxylic acids is 1. The number of hydrogen-bond acceptors (Lipinski definition) is 4. The molecule has 152 valence electrons. The first-order valence-electron chi connectivity index (χ1n) is 8.93. The maximum Gasteiger partial charge on any atom is 0.410 e. The fraction of sp³-hybridized carbons (Fsp3) is 0.474. The molecule has 1 atom stereocenters. The lowest BCUT2D eigenvalue weighted by molar-refractivity contribution is -0.0503. The normalized spacial score (nSPS) is 17.2. The van der Waals surface area contributed by atoms with E-state index in [2.05, 4.69) is 30.6 Å². The molecule has 6 nitrogen and oxygen atoms in total. The van der Waals surface area contributed by atoms with Crippen LogP contribution in [0.25, 0.3) is 11.3 Å².